The van der Waals surface area contributed by atoms with Crippen LogP contribution in [0.4, 0.5) is 5.69 Å². The lowest BCUT2D eigenvalue weighted by Crippen LogP contribution is -2.25. The molecule has 1 aromatic heterocycles. The first kappa shape index (κ1) is 15.5. The molecule has 5 heteroatoms. The molecule has 114 valence electrons. The molecule has 21 heavy (non-hydrogen) atoms. The smallest absolute Gasteiger partial charge is 0.141 e. The van der Waals surface area contributed by atoms with E-state index in [9.17, 15) is 0 Å². The van der Waals surface area contributed by atoms with Gasteiger partial charge >= 0.3 is 0 Å². The SMILES string of the molecule is CCN(Cc1ccc(N)cc1)Cc1ncnn1CC(C)C. The molecule has 0 aliphatic carbocycles. The minimum atomic E-state index is 0.567. The van der Waals surface area contributed by atoms with Gasteiger partial charge in [0.15, 0.2) is 0 Å². The molecule has 0 radical (unpaired) electrons. The van der Waals surface area contributed by atoms with Crippen LogP contribution in [0.5, 0.6) is 0 Å². The summed E-state index contributed by atoms with van der Waals surface area (Å²) in [5.41, 5.74) is 7.80. The van der Waals surface area contributed by atoms with Gasteiger partial charge in [0.05, 0.1) is 6.54 Å². The van der Waals surface area contributed by atoms with Crippen molar-refractivity contribution in [1.29, 1.82) is 0 Å². The summed E-state index contributed by atoms with van der Waals surface area (Å²) >= 11 is 0. The van der Waals surface area contributed by atoms with E-state index in [1.165, 1.54) is 5.56 Å². The molecule has 2 aromatic rings. The number of rotatable bonds is 7. The Balaban J connectivity index is 2.02. The van der Waals surface area contributed by atoms with Gasteiger partial charge in [0.25, 0.3) is 0 Å². The lowest BCUT2D eigenvalue weighted by atomic mass is 10.2. The zero-order valence-corrected chi connectivity index (χ0v) is 13.2. The van der Waals surface area contributed by atoms with E-state index in [2.05, 4.69) is 47.9 Å². The summed E-state index contributed by atoms with van der Waals surface area (Å²) in [6.45, 7) is 10.1. The van der Waals surface area contributed by atoms with Crippen molar-refractivity contribution in [3.8, 4) is 0 Å². The molecule has 0 spiro atoms. The molecular weight excluding hydrogens is 262 g/mol. The number of hydrogen-bond acceptors (Lipinski definition) is 4. The number of nitrogens with zero attached hydrogens (tertiary/aromatic N) is 4. The Kier molecular flexibility index (Phi) is 5.33. The Morgan fingerprint density at radius 1 is 1.19 bits per heavy atom. The molecule has 0 bridgehead atoms. The Morgan fingerprint density at radius 2 is 1.90 bits per heavy atom. The van der Waals surface area contributed by atoms with E-state index in [1.807, 2.05) is 16.8 Å². The van der Waals surface area contributed by atoms with Crippen LogP contribution in [0, 0.1) is 5.92 Å². The predicted molar refractivity (Wildman–Crippen MR) is 85.5 cm³/mol. The van der Waals surface area contributed by atoms with E-state index in [0.717, 1.165) is 37.7 Å². The van der Waals surface area contributed by atoms with Crippen molar-refractivity contribution >= 4 is 5.69 Å². The van der Waals surface area contributed by atoms with Crippen LogP contribution in [0.3, 0.4) is 0 Å². The third-order valence-electron chi connectivity index (χ3n) is 3.43. The molecule has 1 aromatic carbocycles. The van der Waals surface area contributed by atoms with Crippen LogP contribution in [-0.2, 0) is 19.6 Å². The summed E-state index contributed by atoms with van der Waals surface area (Å²) in [5.74, 6) is 1.60. The highest BCUT2D eigenvalue weighted by molar-refractivity contribution is 5.39. The average molecular weight is 287 g/mol. The topological polar surface area (TPSA) is 60.0 Å². The van der Waals surface area contributed by atoms with Gasteiger partial charge in [0, 0.05) is 18.8 Å². The Hall–Kier alpha value is -1.88. The summed E-state index contributed by atoms with van der Waals surface area (Å²) in [5, 5.41) is 4.32. The van der Waals surface area contributed by atoms with Crippen LogP contribution < -0.4 is 5.73 Å². The third-order valence-corrected chi connectivity index (χ3v) is 3.43. The van der Waals surface area contributed by atoms with Gasteiger partial charge in [-0.05, 0) is 30.2 Å². The van der Waals surface area contributed by atoms with Gasteiger partial charge in [0.1, 0.15) is 12.2 Å². The summed E-state index contributed by atoms with van der Waals surface area (Å²) in [4.78, 5) is 6.76. The molecule has 0 aliphatic rings. The van der Waals surface area contributed by atoms with Gasteiger partial charge in [-0.1, -0.05) is 32.9 Å². The van der Waals surface area contributed by atoms with E-state index in [1.54, 1.807) is 6.33 Å². The van der Waals surface area contributed by atoms with Crippen molar-refractivity contribution in [2.45, 2.75) is 40.4 Å². The predicted octanol–water partition coefficient (Wildman–Crippen LogP) is 2.54. The lowest BCUT2D eigenvalue weighted by Gasteiger charge is -2.20. The minimum Gasteiger partial charge on any atom is -0.399 e. The molecule has 0 atom stereocenters. The number of nitrogens with two attached hydrogens (primary N) is 1. The van der Waals surface area contributed by atoms with E-state index in [4.69, 9.17) is 5.73 Å². The van der Waals surface area contributed by atoms with Crippen molar-refractivity contribution < 1.29 is 0 Å². The minimum absolute atomic E-state index is 0.567. The second-order valence-electron chi connectivity index (χ2n) is 5.80. The van der Waals surface area contributed by atoms with Crippen molar-refractivity contribution in [2.75, 3.05) is 12.3 Å². The van der Waals surface area contributed by atoms with Crippen LogP contribution in [0.25, 0.3) is 0 Å². The van der Waals surface area contributed by atoms with Gasteiger partial charge in [0.2, 0.25) is 0 Å². The van der Waals surface area contributed by atoms with Gasteiger partial charge in [-0.2, -0.15) is 5.10 Å². The second-order valence-corrected chi connectivity index (χ2v) is 5.80. The molecule has 1 heterocycles. The van der Waals surface area contributed by atoms with Crippen LogP contribution in [0.1, 0.15) is 32.2 Å². The highest BCUT2D eigenvalue weighted by Gasteiger charge is 2.11. The third kappa shape index (κ3) is 4.56. The van der Waals surface area contributed by atoms with Crippen LogP contribution >= 0.6 is 0 Å². The monoisotopic (exact) mass is 287 g/mol. The fourth-order valence-corrected chi connectivity index (χ4v) is 2.27. The number of hydrogen-bond donors (Lipinski definition) is 1. The first-order valence-corrected chi connectivity index (χ1v) is 7.52. The van der Waals surface area contributed by atoms with Crippen LogP contribution in [0.15, 0.2) is 30.6 Å². The van der Waals surface area contributed by atoms with Gasteiger partial charge < -0.3 is 5.73 Å². The summed E-state index contributed by atoms with van der Waals surface area (Å²) in [6.07, 6.45) is 1.65. The molecule has 0 saturated heterocycles. The molecule has 0 amide bonds. The summed E-state index contributed by atoms with van der Waals surface area (Å²) < 4.78 is 2.01. The van der Waals surface area contributed by atoms with Crippen molar-refractivity contribution in [1.82, 2.24) is 19.7 Å². The van der Waals surface area contributed by atoms with Gasteiger partial charge in [-0.25, -0.2) is 9.67 Å². The Labute approximate surface area is 126 Å². The molecule has 0 unspecified atom stereocenters. The molecular formula is C16H25N5. The Morgan fingerprint density at radius 3 is 2.52 bits per heavy atom. The number of benzene rings is 1. The zero-order valence-electron chi connectivity index (χ0n) is 13.2. The zero-order chi connectivity index (χ0) is 15.2. The Bertz CT molecular complexity index is 544. The van der Waals surface area contributed by atoms with E-state index >= 15 is 0 Å². The second kappa shape index (κ2) is 7.22. The molecule has 0 fully saturated rings. The number of nitrogen functional groups attached to an aromatic ring is 1. The summed E-state index contributed by atoms with van der Waals surface area (Å²) in [7, 11) is 0. The highest BCUT2D eigenvalue weighted by atomic mass is 15.3. The van der Waals surface area contributed by atoms with Crippen LogP contribution in [-0.4, -0.2) is 26.2 Å². The van der Waals surface area contributed by atoms with Crippen molar-refractivity contribution in [2.24, 2.45) is 5.92 Å². The average Bonchev–Trinajstić information content (AvgIpc) is 2.87. The largest absolute Gasteiger partial charge is 0.399 e. The van der Waals surface area contributed by atoms with Crippen molar-refractivity contribution in [3.63, 3.8) is 0 Å². The maximum atomic E-state index is 5.73. The van der Waals surface area contributed by atoms with Crippen molar-refractivity contribution in [3.05, 3.63) is 42.0 Å². The molecule has 5 nitrogen and oxygen atoms in total. The van der Waals surface area contributed by atoms with E-state index in [-0.39, 0.29) is 0 Å². The normalized spacial score (nSPS) is 11.5. The van der Waals surface area contributed by atoms with Crippen LogP contribution in [0.2, 0.25) is 0 Å². The first-order chi connectivity index (χ1) is 10.1. The maximum absolute atomic E-state index is 5.73. The molecule has 2 rings (SSSR count). The standard InChI is InChI=1S/C16H25N5/c1-4-20(10-14-5-7-15(17)8-6-14)11-16-18-12-19-21(16)9-13(2)3/h5-8,12-13H,4,9-11,17H2,1-3H3. The van der Waals surface area contributed by atoms with Gasteiger partial charge in [-0.3, -0.25) is 4.90 Å². The fraction of sp³-hybridized carbons (Fsp3) is 0.500. The summed E-state index contributed by atoms with van der Waals surface area (Å²) in [6, 6.07) is 8.06. The fourth-order valence-electron chi connectivity index (χ4n) is 2.27. The lowest BCUT2D eigenvalue weighted by molar-refractivity contribution is 0.256. The van der Waals surface area contributed by atoms with Gasteiger partial charge in [-0.15, -0.1) is 0 Å². The molecule has 2 N–H and O–H groups in total. The van der Waals surface area contributed by atoms with E-state index in [0.29, 0.717) is 5.92 Å². The molecule has 0 saturated carbocycles. The first-order valence-electron chi connectivity index (χ1n) is 7.52. The number of aromatic nitrogens is 3. The highest BCUT2D eigenvalue weighted by Crippen LogP contribution is 2.11. The molecule has 0 aliphatic heterocycles. The number of anilines is 1. The maximum Gasteiger partial charge on any atom is 0.141 e. The quantitative estimate of drug-likeness (QED) is 0.795. The van der Waals surface area contributed by atoms with E-state index < -0.39 is 0 Å².